The van der Waals surface area contributed by atoms with Crippen molar-refractivity contribution in [3.63, 3.8) is 0 Å². The first-order valence-corrected chi connectivity index (χ1v) is 7.08. The van der Waals surface area contributed by atoms with E-state index in [0.717, 1.165) is 32.3 Å². The maximum Gasteiger partial charge on any atom is 0.193 e. The molecule has 2 heterocycles. The van der Waals surface area contributed by atoms with Gasteiger partial charge in [-0.3, -0.25) is 4.99 Å². The number of thiophene rings is 1. The molecular formula is C13H22IN3OS. The van der Waals surface area contributed by atoms with Crippen LogP contribution in [0.1, 0.15) is 12.5 Å². The zero-order chi connectivity index (χ0) is 13.0. The summed E-state index contributed by atoms with van der Waals surface area (Å²) in [7, 11) is 3.89. The maximum absolute atomic E-state index is 5.26. The molecule has 0 aliphatic carbocycles. The third-order valence-electron chi connectivity index (χ3n) is 3.15. The minimum Gasteiger partial charge on any atom is -0.380 e. The summed E-state index contributed by atoms with van der Waals surface area (Å²) in [6.07, 6.45) is 0. The first-order chi connectivity index (χ1) is 8.63. The van der Waals surface area contributed by atoms with Crippen LogP contribution in [-0.2, 0) is 11.3 Å². The Morgan fingerprint density at radius 1 is 1.58 bits per heavy atom. The van der Waals surface area contributed by atoms with Gasteiger partial charge in [0.15, 0.2) is 5.96 Å². The van der Waals surface area contributed by atoms with Crippen molar-refractivity contribution in [2.45, 2.75) is 13.5 Å². The Labute approximate surface area is 136 Å². The average Bonchev–Trinajstić information content (AvgIpc) is 2.80. The molecule has 2 rings (SSSR count). The number of nitrogens with zero attached hydrogens (tertiary/aromatic N) is 2. The molecule has 0 aromatic carbocycles. The molecule has 0 unspecified atom stereocenters. The van der Waals surface area contributed by atoms with Crippen molar-refractivity contribution in [2.75, 3.05) is 33.9 Å². The van der Waals surface area contributed by atoms with Crippen LogP contribution in [0.4, 0.5) is 0 Å². The van der Waals surface area contributed by atoms with Crippen LogP contribution >= 0.6 is 35.3 Å². The summed E-state index contributed by atoms with van der Waals surface area (Å²) in [5.41, 5.74) is 1.59. The standard InChI is InChI=1S/C13H21N3OS.HI/c1-13(9-17-10-13)8-15-12(14-2)16(3)6-11-4-5-18-7-11;/h4-5,7H,6,8-10H2,1-3H3,(H,14,15);1H. The second-order valence-corrected chi connectivity index (χ2v) is 5.97. The van der Waals surface area contributed by atoms with Crippen LogP contribution < -0.4 is 5.32 Å². The van der Waals surface area contributed by atoms with E-state index < -0.39 is 0 Å². The van der Waals surface area contributed by atoms with Gasteiger partial charge in [0.25, 0.3) is 0 Å². The predicted octanol–water partition coefficient (Wildman–Crippen LogP) is 2.41. The highest BCUT2D eigenvalue weighted by Gasteiger charge is 2.33. The Bertz CT molecular complexity index is 404. The number of aliphatic imine (C=N–C) groups is 1. The molecule has 1 aromatic heterocycles. The van der Waals surface area contributed by atoms with Crippen LogP contribution in [-0.4, -0.2) is 44.7 Å². The molecule has 0 atom stereocenters. The molecule has 1 aromatic rings. The molecule has 108 valence electrons. The lowest BCUT2D eigenvalue weighted by Crippen LogP contribution is -2.51. The summed E-state index contributed by atoms with van der Waals surface area (Å²) in [6, 6.07) is 2.15. The fourth-order valence-corrected chi connectivity index (χ4v) is 2.62. The maximum atomic E-state index is 5.26. The average molecular weight is 395 g/mol. The molecular weight excluding hydrogens is 373 g/mol. The van der Waals surface area contributed by atoms with E-state index in [9.17, 15) is 0 Å². The van der Waals surface area contributed by atoms with Gasteiger partial charge in [0.2, 0.25) is 0 Å². The molecule has 6 heteroatoms. The summed E-state index contributed by atoms with van der Waals surface area (Å²) in [5.74, 6) is 0.939. The predicted molar refractivity (Wildman–Crippen MR) is 91.5 cm³/mol. The quantitative estimate of drug-likeness (QED) is 0.483. The first kappa shape index (κ1) is 16.7. The van der Waals surface area contributed by atoms with Gasteiger partial charge >= 0.3 is 0 Å². The highest BCUT2D eigenvalue weighted by molar-refractivity contribution is 14.0. The summed E-state index contributed by atoms with van der Waals surface area (Å²) in [4.78, 5) is 6.47. The molecule has 0 amide bonds. The van der Waals surface area contributed by atoms with Crippen LogP contribution in [0.25, 0.3) is 0 Å². The van der Waals surface area contributed by atoms with E-state index >= 15 is 0 Å². The van der Waals surface area contributed by atoms with Crippen LogP contribution in [0.15, 0.2) is 21.8 Å². The van der Waals surface area contributed by atoms with Gasteiger partial charge in [-0.05, 0) is 22.4 Å². The van der Waals surface area contributed by atoms with E-state index in [-0.39, 0.29) is 29.4 Å². The molecule has 0 radical (unpaired) electrons. The first-order valence-electron chi connectivity index (χ1n) is 6.14. The molecule has 0 bridgehead atoms. The third-order valence-corrected chi connectivity index (χ3v) is 3.88. The van der Waals surface area contributed by atoms with Gasteiger partial charge in [-0.1, -0.05) is 6.92 Å². The number of ether oxygens (including phenoxy) is 1. The minimum atomic E-state index is 0. The van der Waals surface area contributed by atoms with Gasteiger partial charge in [0.05, 0.1) is 13.2 Å². The molecule has 1 aliphatic heterocycles. The second kappa shape index (κ2) is 7.44. The summed E-state index contributed by atoms with van der Waals surface area (Å²) >= 11 is 1.73. The van der Waals surface area contributed by atoms with Gasteiger partial charge in [-0.25, -0.2) is 0 Å². The fraction of sp³-hybridized carbons (Fsp3) is 0.615. The summed E-state index contributed by atoms with van der Waals surface area (Å²) in [6.45, 7) is 5.70. The molecule has 0 saturated carbocycles. The van der Waals surface area contributed by atoms with Crippen LogP contribution in [0.5, 0.6) is 0 Å². The number of halogens is 1. The number of nitrogens with one attached hydrogen (secondary N) is 1. The van der Waals surface area contributed by atoms with Crippen molar-refractivity contribution in [2.24, 2.45) is 10.4 Å². The lowest BCUT2D eigenvalue weighted by atomic mass is 9.89. The normalized spacial score (nSPS) is 17.3. The molecule has 1 fully saturated rings. The van der Waals surface area contributed by atoms with Crippen LogP contribution in [0.3, 0.4) is 0 Å². The van der Waals surface area contributed by atoms with Crippen molar-refractivity contribution < 1.29 is 4.74 Å². The Balaban J connectivity index is 0.00000180. The van der Waals surface area contributed by atoms with Gasteiger partial charge in [-0.15, -0.1) is 24.0 Å². The third kappa shape index (κ3) is 4.61. The number of rotatable bonds is 4. The summed E-state index contributed by atoms with van der Waals surface area (Å²) in [5, 5.41) is 7.70. The SMILES string of the molecule is CN=C(NCC1(C)COC1)N(C)Cc1ccsc1.I. The molecule has 19 heavy (non-hydrogen) atoms. The van der Waals surface area contributed by atoms with Crippen molar-refractivity contribution in [3.05, 3.63) is 22.4 Å². The van der Waals surface area contributed by atoms with E-state index in [1.165, 1.54) is 5.56 Å². The Hall–Kier alpha value is -0.340. The topological polar surface area (TPSA) is 36.9 Å². The smallest absolute Gasteiger partial charge is 0.193 e. The zero-order valence-electron chi connectivity index (χ0n) is 11.7. The lowest BCUT2D eigenvalue weighted by Gasteiger charge is -2.39. The van der Waals surface area contributed by atoms with E-state index in [1.54, 1.807) is 11.3 Å². The van der Waals surface area contributed by atoms with Crippen molar-refractivity contribution >= 4 is 41.3 Å². The highest BCUT2D eigenvalue weighted by Crippen LogP contribution is 2.25. The van der Waals surface area contributed by atoms with E-state index in [4.69, 9.17) is 4.74 Å². The highest BCUT2D eigenvalue weighted by atomic mass is 127. The van der Waals surface area contributed by atoms with Gasteiger partial charge in [0, 0.05) is 32.6 Å². The lowest BCUT2D eigenvalue weighted by molar-refractivity contribution is -0.0972. The van der Waals surface area contributed by atoms with E-state index in [1.807, 2.05) is 7.05 Å². The van der Waals surface area contributed by atoms with Gasteiger partial charge in [-0.2, -0.15) is 11.3 Å². The fourth-order valence-electron chi connectivity index (χ4n) is 1.96. The van der Waals surface area contributed by atoms with E-state index in [2.05, 4.69) is 46.0 Å². The number of guanidine groups is 1. The molecule has 1 saturated heterocycles. The number of hydrogen-bond donors (Lipinski definition) is 1. The molecule has 4 nitrogen and oxygen atoms in total. The number of hydrogen-bond acceptors (Lipinski definition) is 3. The molecule has 1 N–H and O–H groups in total. The Morgan fingerprint density at radius 2 is 2.32 bits per heavy atom. The van der Waals surface area contributed by atoms with Crippen LogP contribution in [0, 0.1) is 5.41 Å². The van der Waals surface area contributed by atoms with Gasteiger partial charge in [0.1, 0.15) is 0 Å². The van der Waals surface area contributed by atoms with Crippen molar-refractivity contribution in [1.29, 1.82) is 0 Å². The van der Waals surface area contributed by atoms with Crippen LogP contribution in [0.2, 0.25) is 0 Å². The largest absolute Gasteiger partial charge is 0.380 e. The van der Waals surface area contributed by atoms with E-state index in [0.29, 0.717) is 0 Å². The second-order valence-electron chi connectivity index (χ2n) is 5.19. The van der Waals surface area contributed by atoms with Crippen molar-refractivity contribution in [1.82, 2.24) is 10.2 Å². The minimum absolute atomic E-state index is 0. The zero-order valence-corrected chi connectivity index (χ0v) is 14.8. The summed E-state index contributed by atoms with van der Waals surface area (Å²) < 4.78 is 5.26. The molecule has 1 aliphatic rings. The monoisotopic (exact) mass is 395 g/mol. The Morgan fingerprint density at radius 3 is 2.79 bits per heavy atom. The Kier molecular flexibility index (Phi) is 6.55. The van der Waals surface area contributed by atoms with Gasteiger partial charge < -0.3 is 15.0 Å². The van der Waals surface area contributed by atoms with Crippen molar-refractivity contribution in [3.8, 4) is 0 Å². The molecule has 0 spiro atoms.